The van der Waals surface area contributed by atoms with E-state index < -0.39 is 0 Å². The van der Waals surface area contributed by atoms with Crippen LogP contribution in [0.4, 0.5) is 0 Å². The molecule has 268 valence electrons. The van der Waals surface area contributed by atoms with E-state index >= 15 is 0 Å². The Morgan fingerprint density at radius 3 is 2.30 bits per heavy atom. The molecule has 0 saturated heterocycles. The van der Waals surface area contributed by atoms with E-state index in [0.717, 1.165) is 67.6 Å². The molecule has 0 aliphatic heterocycles. The molecule has 3 saturated carbocycles. The van der Waals surface area contributed by atoms with Crippen molar-refractivity contribution in [1.82, 2.24) is 0 Å². The van der Waals surface area contributed by atoms with Crippen molar-refractivity contribution in [1.29, 1.82) is 0 Å². The number of rotatable bonds is 20. The van der Waals surface area contributed by atoms with E-state index in [1.165, 1.54) is 109 Å². The number of esters is 1. The van der Waals surface area contributed by atoms with Crippen LogP contribution < -0.4 is 0 Å². The first-order valence-corrected chi connectivity index (χ1v) is 20.9. The molecule has 4 rings (SSSR count). The summed E-state index contributed by atoms with van der Waals surface area (Å²) in [7, 11) is 0. The fourth-order valence-corrected chi connectivity index (χ4v) is 11.1. The standard InChI is InChI=1S/C45H76O2/c1-7-8-9-10-11-12-13-14-15-16-17-18-19-20-21-25-43(46)47-38-30-32-44(5)37(34-38)26-27-39-41-29-28-40(36(4)24-22-23-35(2)3)45(41,6)33-31-42(39)44/h11-12,14-15,26,35-36,38-42H,7-10,13,16-25,27-34H2,1-6H3/b12-11+,15-14+/t36-,38+,39-,40+,41-,42-,44+,45-/m1/s1. The smallest absolute Gasteiger partial charge is 0.306 e. The summed E-state index contributed by atoms with van der Waals surface area (Å²) in [6.45, 7) is 14.9. The summed E-state index contributed by atoms with van der Waals surface area (Å²) in [6.07, 6.45) is 40.5. The molecule has 8 atom stereocenters. The zero-order chi connectivity index (χ0) is 33.7. The van der Waals surface area contributed by atoms with E-state index in [1.807, 2.05) is 0 Å². The number of carbonyl (C=O) groups is 1. The summed E-state index contributed by atoms with van der Waals surface area (Å²) in [5.41, 5.74) is 2.52. The van der Waals surface area contributed by atoms with E-state index in [-0.39, 0.29) is 12.1 Å². The fourth-order valence-electron chi connectivity index (χ4n) is 11.1. The van der Waals surface area contributed by atoms with E-state index in [4.69, 9.17) is 4.74 Å². The Balaban J connectivity index is 1.13. The molecule has 0 spiro atoms. The highest BCUT2D eigenvalue weighted by Crippen LogP contribution is 2.67. The van der Waals surface area contributed by atoms with Gasteiger partial charge in [0.1, 0.15) is 6.10 Å². The van der Waals surface area contributed by atoms with Crippen molar-refractivity contribution in [2.75, 3.05) is 0 Å². The average molecular weight is 649 g/mol. The van der Waals surface area contributed by atoms with Gasteiger partial charge in [-0.1, -0.05) is 129 Å². The Morgan fingerprint density at radius 1 is 0.830 bits per heavy atom. The van der Waals surface area contributed by atoms with Crippen LogP contribution in [0, 0.1) is 46.3 Å². The van der Waals surface area contributed by atoms with Crippen molar-refractivity contribution < 1.29 is 9.53 Å². The third kappa shape index (κ3) is 10.6. The normalized spacial score (nSPS) is 32.7. The Hall–Kier alpha value is -1.31. The van der Waals surface area contributed by atoms with Crippen LogP contribution in [0.3, 0.4) is 0 Å². The van der Waals surface area contributed by atoms with Gasteiger partial charge in [-0.3, -0.25) is 4.79 Å². The summed E-state index contributed by atoms with van der Waals surface area (Å²) in [6, 6.07) is 0. The van der Waals surface area contributed by atoms with E-state index in [1.54, 1.807) is 5.57 Å². The Kier molecular flexibility index (Phi) is 15.7. The van der Waals surface area contributed by atoms with Gasteiger partial charge in [-0.15, -0.1) is 0 Å². The molecule has 0 bridgehead atoms. The SMILES string of the molecule is CCCCC/C=C/C/C=C/CCCCCCCC(=O)O[C@H]1CC[C@@]2(C)C(=CC[C@@H]3[C@H]4CC[C@@H]([C@H](C)CCCC(C)C)[C@@]4(C)CC[C@H]32)C1. The monoisotopic (exact) mass is 649 g/mol. The summed E-state index contributed by atoms with van der Waals surface area (Å²) >= 11 is 0. The lowest BCUT2D eigenvalue weighted by molar-refractivity contribution is -0.151. The predicted molar refractivity (Wildman–Crippen MR) is 202 cm³/mol. The maximum atomic E-state index is 12.8. The van der Waals surface area contributed by atoms with Crippen molar-refractivity contribution in [3.05, 3.63) is 36.0 Å². The molecule has 0 heterocycles. The summed E-state index contributed by atoms with van der Waals surface area (Å²) in [4.78, 5) is 12.8. The van der Waals surface area contributed by atoms with Gasteiger partial charge < -0.3 is 4.74 Å². The van der Waals surface area contributed by atoms with Gasteiger partial charge in [-0.25, -0.2) is 0 Å². The van der Waals surface area contributed by atoms with Crippen molar-refractivity contribution in [3.63, 3.8) is 0 Å². The zero-order valence-electron chi connectivity index (χ0n) is 32.0. The summed E-state index contributed by atoms with van der Waals surface area (Å²) in [5.74, 6) is 5.30. The summed E-state index contributed by atoms with van der Waals surface area (Å²) < 4.78 is 6.12. The minimum atomic E-state index is 0.0477. The van der Waals surface area contributed by atoms with Gasteiger partial charge in [0.05, 0.1) is 0 Å². The van der Waals surface area contributed by atoms with Crippen molar-refractivity contribution >= 4 is 5.97 Å². The molecule has 2 heteroatoms. The fraction of sp³-hybridized carbons (Fsp3) is 0.844. The lowest BCUT2D eigenvalue weighted by Gasteiger charge is -2.58. The number of carbonyl (C=O) groups excluding carboxylic acids is 1. The molecule has 47 heavy (non-hydrogen) atoms. The van der Waals surface area contributed by atoms with Crippen LogP contribution in [0.1, 0.15) is 189 Å². The molecule has 0 N–H and O–H groups in total. The molecule has 2 nitrogen and oxygen atoms in total. The van der Waals surface area contributed by atoms with Gasteiger partial charge in [0.2, 0.25) is 0 Å². The minimum Gasteiger partial charge on any atom is -0.462 e. The molecular formula is C45H76O2. The van der Waals surface area contributed by atoms with Crippen LogP contribution in [0.5, 0.6) is 0 Å². The van der Waals surface area contributed by atoms with Gasteiger partial charge in [-0.2, -0.15) is 0 Å². The first kappa shape index (κ1) is 38.5. The highest BCUT2D eigenvalue weighted by Gasteiger charge is 2.59. The second kappa shape index (κ2) is 19.2. The largest absolute Gasteiger partial charge is 0.462 e. The molecule has 0 unspecified atom stereocenters. The van der Waals surface area contributed by atoms with Crippen LogP contribution in [-0.4, -0.2) is 12.1 Å². The molecule has 4 aliphatic rings. The molecule has 0 aromatic rings. The number of unbranched alkanes of at least 4 members (excludes halogenated alkanes) is 8. The highest BCUT2D eigenvalue weighted by molar-refractivity contribution is 5.69. The number of hydrogen-bond donors (Lipinski definition) is 0. The summed E-state index contributed by atoms with van der Waals surface area (Å²) in [5, 5.41) is 0. The van der Waals surface area contributed by atoms with Gasteiger partial charge in [0.25, 0.3) is 0 Å². The second-order valence-corrected chi connectivity index (χ2v) is 17.6. The van der Waals surface area contributed by atoms with Crippen LogP contribution in [0.2, 0.25) is 0 Å². The number of ether oxygens (including phenoxy) is 1. The van der Waals surface area contributed by atoms with Crippen LogP contribution in [0.15, 0.2) is 36.0 Å². The van der Waals surface area contributed by atoms with Crippen molar-refractivity contribution in [2.45, 2.75) is 195 Å². The lowest BCUT2D eigenvalue weighted by Crippen LogP contribution is -2.51. The van der Waals surface area contributed by atoms with Crippen molar-refractivity contribution in [3.8, 4) is 0 Å². The maximum absolute atomic E-state index is 12.8. The van der Waals surface area contributed by atoms with Gasteiger partial charge >= 0.3 is 5.97 Å². The quantitative estimate of drug-likeness (QED) is 0.0746. The van der Waals surface area contributed by atoms with Gasteiger partial charge in [-0.05, 0) is 130 Å². The van der Waals surface area contributed by atoms with Gasteiger partial charge in [0.15, 0.2) is 0 Å². The van der Waals surface area contributed by atoms with Gasteiger partial charge in [0, 0.05) is 12.8 Å². The molecule has 0 radical (unpaired) electrons. The third-order valence-electron chi connectivity index (χ3n) is 13.9. The Morgan fingerprint density at radius 2 is 1.55 bits per heavy atom. The topological polar surface area (TPSA) is 26.3 Å². The average Bonchev–Trinajstić information content (AvgIpc) is 3.40. The van der Waals surface area contributed by atoms with Crippen molar-refractivity contribution in [2.24, 2.45) is 46.3 Å². The molecule has 3 fully saturated rings. The van der Waals surface area contributed by atoms with E-state index in [2.05, 4.69) is 71.9 Å². The highest BCUT2D eigenvalue weighted by atomic mass is 16.5. The number of hydrogen-bond acceptors (Lipinski definition) is 2. The zero-order valence-corrected chi connectivity index (χ0v) is 32.0. The molecule has 0 amide bonds. The number of allylic oxidation sites excluding steroid dienone is 5. The molecular weight excluding hydrogens is 572 g/mol. The second-order valence-electron chi connectivity index (χ2n) is 17.6. The van der Waals surface area contributed by atoms with Crippen LogP contribution in [0.25, 0.3) is 0 Å². The van der Waals surface area contributed by atoms with Crippen LogP contribution >= 0.6 is 0 Å². The minimum absolute atomic E-state index is 0.0477. The maximum Gasteiger partial charge on any atom is 0.306 e. The van der Waals surface area contributed by atoms with Crippen LogP contribution in [-0.2, 0) is 9.53 Å². The van der Waals surface area contributed by atoms with E-state index in [0.29, 0.717) is 17.3 Å². The number of fused-ring (bicyclic) bond motifs is 5. The Labute approximate surface area is 292 Å². The Bertz CT molecular complexity index is 1020. The predicted octanol–water partition coefficient (Wildman–Crippen LogP) is 13.8. The molecule has 0 aromatic heterocycles. The molecule has 4 aliphatic carbocycles. The molecule has 0 aromatic carbocycles. The first-order chi connectivity index (χ1) is 22.7. The third-order valence-corrected chi connectivity index (χ3v) is 13.9. The lowest BCUT2D eigenvalue weighted by atomic mass is 9.47. The van der Waals surface area contributed by atoms with E-state index in [9.17, 15) is 4.79 Å². The first-order valence-electron chi connectivity index (χ1n) is 20.9.